The van der Waals surface area contributed by atoms with Crippen LogP contribution in [0.15, 0.2) is 72.9 Å². The van der Waals surface area contributed by atoms with E-state index in [0.717, 1.165) is 22.1 Å². The van der Waals surface area contributed by atoms with E-state index in [1.165, 1.54) is 22.1 Å². The van der Waals surface area contributed by atoms with E-state index < -0.39 is 0 Å². The van der Waals surface area contributed by atoms with Crippen LogP contribution in [-0.2, 0) is 6.54 Å². The predicted octanol–water partition coefficient (Wildman–Crippen LogP) is 6.35. The van der Waals surface area contributed by atoms with Gasteiger partial charge in [-0.15, -0.1) is 11.3 Å². The minimum absolute atomic E-state index is 0.566. The summed E-state index contributed by atoms with van der Waals surface area (Å²) >= 11 is 7.32. The molecule has 124 valence electrons. The second-order valence-electron chi connectivity index (χ2n) is 5.57. The average Bonchev–Trinajstić information content (AvgIpc) is 3.06. The molecule has 0 saturated heterocycles. The highest BCUT2D eigenvalue weighted by atomic mass is 35.5. The molecule has 0 atom stereocenters. The standard InChI is InChI=1S/C20H15ClN2OS/c21-20-23-13-19(25-20)12-22-16-6-9-17(10-7-16)24-18-8-5-14-3-1-2-4-15(14)11-18/h1-11,13,22H,12H2. The van der Waals surface area contributed by atoms with Crippen molar-refractivity contribution < 1.29 is 4.74 Å². The van der Waals surface area contributed by atoms with Crippen molar-refractivity contribution >= 4 is 39.4 Å². The fourth-order valence-corrected chi connectivity index (χ4v) is 3.48. The number of hydrogen-bond donors (Lipinski definition) is 1. The Balaban J connectivity index is 1.42. The van der Waals surface area contributed by atoms with E-state index >= 15 is 0 Å². The summed E-state index contributed by atoms with van der Waals surface area (Å²) in [5, 5.41) is 5.72. The zero-order valence-corrected chi connectivity index (χ0v) is 14.8. The van der Waals surface area contributed by atoms with E-state index in [1.807, 2.05) is 42.5 Å². The Bertz CT molecular complexity index is 998. The second kappa shape index (κ2) is 7.13. The quantitative estimate of drug-likeness (QED) is 0.446. The monoisotopic (exact) mass is 366 g/mol. The molecule has 3 aromatic carbocycles. The van der Waals surface area contributed by atoms with Crippen molar-refractivity contribution in [3.05, 3.63) is 82.3 Å². The van der Waals surface area contributed by atoms with Crippen molar-refractivity contribution in [3.8, 4) is 11.5 Å². The molecule has 1 aromatic heterocycles. The van der Waals surface area contributed by atoms with Crippen LogP contribution in [0.1, 0.15) is 4.88 Å². The van der Waals surface area contributed by atoms with Crippen LogP contribution in [0.25, 0.3) is 10.8 Å². The Hall–Kier alpha value is -2.56. The first-order valence-corrected chi connectivity index (χ1v) is 9.06. The molecule has 0 unspecified atom stereocenters. The molecule has 0 saturated carbocycles. The molecular formula is C20H15ClN2OS. The fourth-order valence-electron chi connectivity index (χ4n) is 2.56. The van der Waals surface area contributed by atoms with Gasteiger partial charge in [0.05, 0.1) is 6.54 Å². The zero-order chi connectivity index (χ0) is 17.1. The third-order valence-corrected chi connectivity index (χ3v) is 4.92. The van der Waals surface area contributed by atoms with Crippen LogP contribution in [0.2, 0.25) is 4.47 Å². The number of fused-ring (bicyclic) bond motifs is 1. The van der Waals surface area contributed by atoms with Crippen LogP contribution in [0.4, 0.5) is 5.69 Å². The lowest BCUT2D eigenvalue weighted by Crippen LogP contribution is -1.97. The molecule has 1 N–H and O–H groups in total. The van der Waals surface area contributed by atoms with E-state index in [9.17, 15) is 0 Å². The first-order chi connectivity index (χ1) is 12.3. The molecule has 0 aliphatic carbocycles. The summed E-state index contributed by atoms with van der Waals surface area (Å²) in [6.07, 6.45) is 1.79. The number of thiazole rings is 1. The van der Waals surface area contributed by atoms with Gasteiger partial charge >= 0.3 is 0 Å². The molecule has 3 nitrogen and oxygen atoms in total. The lowest BCUT2D eigenvalue weighted by atomic mass is 10.1. The van der Waals surface area contributed by atoms with Crippen molar-refractivity contribution in [2.24, 2.45) is 0 Å². The van der Waals surface area contributed by atoms with E-state index in [-0.39, 0.29) is 0 Å². The highest BCUT2D eigenvalue weighted by Gasteiger charge is 2.02. The Morgan fingerprint density at radius 2 is 1.68 bits per heavy atom. The van der Waals surface area contributed by atoms with E-state index in [2.05, 4.69) is 34.6 Å². The number of anilines is 1. The molecule has 0 bridgehead atoms. The number of halogens is 1. The van der Waals surface area contributed by atoms with Crippen molar-refractivity contribution in [1.82, 2.24) is 4.98 Å². The average molecular weight is 367 g/mol. The predicted molar refractivity (Wildman–Crippen MR) is 105 cm³/mol. The Morgan fingerprint density at radius 1 is 0.920 bits per heavy atom. The summed E-state index contributed by atoms with van der Waals surface area (Å²) in [5.41, 5.74) is 1.02. The van der Waals surface area contributed by atoms with Crippen LogP contribution in [0.5, 0.6) is 11.5 Å². The number of aromatic nitrogens is 1. The Morgan fingerprint density at radius 3 is 2.44 bits per heavy atom. The number of hydrogen-bond acceptors (Lipinski definition) is 4. The molecule has 4 aromatic rings. The van der Waals surface area contributed by atoms with E-state index in [1.54, 1.807) is 6.20 Å². The molecule has 0 aliphatic heterocycles. The molecule has 0 radical (unpaired) electrons. The van der Waals surface area contributed by atoms with Crippen molar-refractivity contribution in [2.45, 2.75) is 6.54 Å². The Kier molecular flexibility index (Phi) is 4.55. The van der Waals surface area contributed by atoms with Gasteiger partial charge in [0.2, 0.25) is 0 Å². The molecular weight excluding hydrogens is 352 g/mol. The first kappa shape index (κ1) is 15.9. The van der Waals surface area contributed by atoms with Crippen molar-refractivity contribution in [2.75, 3.05) is 5.32 Å². The zero-order valence-electron chi connectivity index (χ0n) is 13.3. The smallest absolute Gasteiger partial charge is 0.183 e. The lowest BCUT2D eigenvalue weighted by Gasteiger charge is -2.09. The molecule has 1 heterocycles. The van der Waals surface area contributed by atoms with Gasteiger partial charge in [0, 0.05) is 16.8 Å². The fraction of sp³-hybridized carbons (Fsp3) is 0.0500. The van der Waals surface area contributed by atoms with Gasteiger partial charge in [-0.25, -0.2) is 4.98 Å². The van der Waals surface area contributed by atoms with Gasteiger partial charge < -0.3 is 10.1 Å². The topological polar surface area (TPSA) is 34.2 Å². The van der Waals surface area contributed by atoms with Gasteiger partial charge in [-0.3, -0.25) is 0 Å². The second-order valence-corrected chi connectivity index (χ2v) is 7.27. The number of ether oxygens (including phenoxy) is 1. The lowest BCUT2D eigenvalue weighted by molar-refractivity contribution is 0.483. The number of nitrogens with zero attached hydrogens (tertiary/aromatic N) is 1. The maximum Gasteiger partial charge on any atom is 0.183 e. The molecule has 0 fully saturated rings. The van der Waals surface area contributed by atoms with Gasteiger partial charge in [0.1, 0.15) is 11.5 Å². The highest BCUT2D eigenvalue weighted by molar-refractivity contribution is 7.15. The molecule has 4 rings (SSSR count). The Labute approximate surface area is 154 Å². The number of rotatable bonds is 5. The number of benzene rings is 3. The van der Waals surface area contributed by atoms with E-state index in [4.69, 9.17) is 16.3 Å². The summed E-state index contributed by atoms with van der Waals surface area (Å²) in [6.45, 7) is 0.704. The normalized spacial score (nSPS) is 10.8. The van der Waals surface area contributed by atoms with Crippen molar-refractivity contribution in [1.29, 1.82) is 0 Å². The van der Waals surface area contributed by atoms with Gasteiger partial charge in [-0.2, -0.15) is 0 Å². The number of nitrogens with one attached hydrogen (secondary N) is 1. The van der Waals surface area contributed by atoms with Crippen LogP contribution in [-0.4, -0.2) is 4.98 Å². The summed E-state index contributed by atoms with van der Waals surface area (Å²) in [7, 11) is 0. The van der Waals surface area contributed by atoms with Crippen molar-refractivity contribution in [3.63, 3.8) is 0 Å². The van der Waals surface area contributed by atoms with Crippen LogP contribution < -0.4 is 10.1 Å². The minimum atomic E-state index is 0.566. The van der Waals surface area contributed by atoms with Gasteiger partial charge in [0.25, 0.3) is 0 Å². The maximum atomic E-state index is 5.95. The highest BCUT2D eigenvalue weighted by Crippen LogP contribution is 2.27. The molecule has 5 heteroatoms. The molecule has 0 spiro atoms. The third-order valence-electron chi connectivity index (χ3n) is 3.80. The summed E-state index contributed by atoms with van der Waals surface area (Å²) in [5.74, 6) is 1.64. The summed E-state index contributed by atoms with van der Waals surface area (Å²) in [6, 6.07) is 22.3. The molecule has 0 amide bonds. The van der Waals surface area contributed by atoms with Crippen LogP contribution in [0.3, 0.4) is 0 Å². The van der Waals surface area contributed by atoms with Crippen LogP contribution >= 0.6 is 22.9 Å². The van der Waals surface area contributed by atoms with E-state index in [0.29, 0.717) is 11.0 Å². The third kappa shape index (κ3) is 3.92. The van der Waals surface area contributed by atoms with Gasteiger partial charge in [-0.1, -0.05) is 41.9 Å². The van der Waals surface area contributed by atoms with Gasteiger partial charge in [0.15, 0.2) is 4.47 Å². The minimum Gasteiger partial charge on any atom is -0.457 e. The molecule has 25 heavy (non-hydrogen) atoms. The van der Waals surface area contributed by atoms with Crippen LogP contribution in [0, 0.1) is 0 Å². The largest absolute Gasteiger partial charge is 0.457 e. The SMILES string of the molecule is Clc1ncc(CNc2ccc(Oc3ccc4ccccc4c3)cc2)s1. The molecule has 0 aliphatic rings. The van der Waals surface area contributed by atoms with Gasteiger partial charge in [-0.05, 0) is 47.2 Å². The maximum absolute atomic E-state index is 5.95. The summed E-state index contributed by atoms with van der Waals surface area (Å²) in [4.78, 5) is 5.13. The summed E-state index contributed by atoms with van der Waals surface area (Å²) < 4.78 is 6.52. The first-order valence-electron chi connectivity index (χ1n) is 7.87.